The Bertz CT molecular complexity index is 969. The van der Waals surface area contributed by atoms with Crippen LogP contribution in [-0.4, -0.2) is 73.4 Å². The molecule has 3 atom stereocenters. The van der Waals surface area contributed by atoms with E-state index < -0.39 is 20.0 Å². The van der Waals surface area contributed by atoms with Crippen molar-refractivity contribution < 1.29 is 32.9 Å². The molecule has 56 heavy (non-hydrogen) atoms. The topological polar surface area (TPSA) is 105 Å². The average Bonchev–Trinajstić information content (AvgIpc) is 3.15. The minimum absolute atomic E-state index is 0.0703. The second-order valence-corrected chi connectivity index (χ2v) is 18.9. The van der Waals surface area contributed by atoms with Gasteiger partial charge in [0.2, 0.25) is 5.91 Å². The van der Waals surface area contributed by atoms with Gasteiger partial charge in [0.1, 0.15) is 13.2 Å². The van der Waals surface area contributed by atoms with Gasteiger partial charge in [-0.15, -0.1) is 0 Å². The molecule has 0 rings (SSSR count). The Balaban J connectivity index is 4.28. The predicted octanol–water partition coefficient (Wildman–Crippen LogP) is 13.3. The highest BCUT2D eigenvalue weighted by Gasteiger charge is 2.28. The number of allylic oxidation sites excluding steroid dienone is 4. The minimum Gasteiger partial charge on any atom is -0.391 e. The summed E-state index contributed by atoms with van der Waals surface area (Å²) in [4.78, 5) is 23.2. The Hall–Kier alpha value is -1.02. The number of quaternary nitrogens is 1. The Morgan fingerprint density at radius 2 is 0.964 bits per heavy atom. The summed E-state index contributed by atoms with van der Waals surface area (Å²) >= 11 is 0. The van der Waals surface area contributed by atoms with Crippen LogP contribution < -0.4 is 5.32 Å². The van der Waals surface area contributed by atoms with Crippen LogP contribution in [0.15, 0.2) is 24.3 Å². The Kier molecular flexibility index (Phi) is 38.7. The highest BCUT2D eigenvalue weighted by atomic mass is 31.2. The van der Waals surface area contributed by atoms with E-state index in [4.69, 9.17) is 9.05 Å². The van der Waals surface area contributed by atoms with Crippen molar-refractivity contribution in [3.8, 4) is 0 Å². The molecule has 1 unspecified atom stereocenters. The Morgan fingerprint density at radius 1 is 0.589 bits per heavy atom. The Morgan fingerprint density at radius 3 is 1.38 bits per heavy atom. The van der Waals surface area contributed by atoms with Gasteiger partial charge in [-0.2, -0.15) is 0 Å². The van der Waals surface area contributed by atoms with Crippen LogP contribution in [0.2, 0.25) is 0 Å². The van der Waals surface area contributed by atoms with Crippen molar-refractivity contribution in [1.82, 2.24) is 5.32 Å². The summed E-state index contributed by atoms with van der Waals surface area (Å²) in [5, 5.41) is 13.9. The molecule has 0 bridgehead atoms. The smallest absolute Gasteiger partial charge is 0.391 e. The zero-order valence-corrected chi connectivity index (χ0v) is 38.5. The monoisotopic (exact) mass is 814 g/mol. The van der Waals surface area contributed by atoms with Gasteiger partial charge >= 0.3 is 7.82 Å². The first kappa shape index (κ1) is 55.0. The van der Waals surface area contributed by atoms with Crippen LogP contribution >= 0.6 is 7.82 Å². The first-order chi connectivity index (χ1) is 27.0. The van der Waals surface area contributed by atoms with Crippen LogP contribution in [0.4, 0.5) is 0 Å². The maximum atomic E-state index is 12.9. The molecule has 0 spiro atoms. The van der Waals surface area contributed by atoms with E-state index in [0.29, 0.717) is 23.9 Å². The summed E-state index contributed by atoms with van der Waals surface area (Å²) in [7, 11) is 1.60. The van der Waals surface area contributed by atoms with Crippen LogP contribution in [0.1, 0.15) is 219 Å². The number of likely N-dealkylation sites (N-methyl/N-ethyl adjacent to an activating group) is 1. The molecule has 9 heteroatoms. The first-order valence-electron chi connectivity index (χ1n) is 23.7. The summed E-state index contributed by atoms with van der Waals surface area (Å²) in [6, 6.07) is -0.774. The zero-order valence-electron chi connectivity index (χ0n) is 37.6. The number of carbonyl (C=O) groups is 1. The summed E-state index contributed by atoms with van der Waals surface area (Å²) in [5.41, 5.74) is 0. The number of unbranched alkanes of at least 4 members (excludes halogenated alkanes) is 26. The number of rotatable bonds is 43. The Labute approximate surface area is 347 Å². The molecular formula is C47H94N2O6P+. The maximum absolute atomic E-state index is 12.9. The number of phosphoric acid groups is 1. The lowest BCUT2D eigenvalue weighted by Crippen LogP contribution is -2.46. The van der Waals surface area contributed by atoms with E-state index in [0.717, 1.165) is 44.9 Å². The molecule has 0 radical (unpaired) electrons. The van der Waals surface area contributed by atoms with E-state index in [2.05, 4.69) is 43.5 Å². The molecule has 0 aliphatic heterocycles. The number of phosphoric ester groups is 1. The molecular weight excluding hydrogens is 719 g/mol. The molecule has 332 valence electrons. The quantitative estimate of drug-likeness (QED) is 0.0245. The van der Waals surface area contributed by atoms with E-state index in [1.807, 2.05) is 21.1 Å². The largest absolute Gasteiger partial charge is 0.472 e. The number of hydrogen-bond donors (Lipinski definition) is 3. The second kappa shape index (κ2) is 39.4. The first-order valence-corrected chi connectivity index (χ1v) is 25.2. The molecule has 0 aliphatic rings. The van der Waals surface area contributed by atoms with Crippen molar-refractivity contribution in [3.63, 3.8) is 0 Å². The molecule has 0 aliphatic carbocycles. The van der Waals surface area contributed by atoms with Gasteiger partial charge in [0, 0.05) is 6.42 Å². The fraction of sp³-hybridized carbons (Fsp3) is 0.894. The molecule has 1 amide bonds. The van der Waals surface area contributed by atoms with Crippen LogP contribution in [0.25, 0.3) is 0 Å². The molecule has 0 aromatic heterocycles. The van der Waals surface area contributed by atoms with Crippen molar-refractivity contribution in [2.24, 2.45) is 0 Å². The number of hydrogen-bond acceptors (Lipinski definition) is 5. The van der Waals surface area contributed by atoms with Gasteiger partial charge in [-0.3, -0.25) is 13.8 Å². The molecule has 0 aromatic rings. The average molecular weight is 814 g/mol. The van der Waals surface area contributed by atoms with E-state index in [-0.39, 0.29) is 19.1 Å². The molecule has 0 heterocycles. The highest BCUT2D eigenvalue weighted by Crippen LogP contribution is 2.43. The number of amides is 1. The third-order valence-corrected chi connectivity index (χ3v) is 11.7. The predicted molar refractivity (Wildman–Crippen MR) is 240 cm³/mol. The van der Waals surface area contributed by atoms with Gasteiger partial charge in [-0.1, -0.05) is 173 Å². The summed E-state index contributed by atoms with van der Waals surface area (Å²) in [6.45, 7) is 4.86. The third-order valence-electron chi connectivity index (χ3n) is 10.7. The van der Waals surface area contributed by atoms with Crippen LogP contribution in [0, 0.1) is 0 Å². The van der Waals surface area contributed by atoms with Gasteiger partial charge in [-0.05, 0) is 64.2 Å². The van der Waals surface area contributed by atoms with Gasteiger partial charge in [-0.25, -0.2) is 4.57 Å². The van der Waals surface area contributed by atoms with E-state index in [1.54, 1.807) is 0 Å². The van der Waals surface area contributed by atoms with E-state index in [1.165, 1.54) is 148 Å². The number of aliphatic hydroxyl groups is 1. The second-order valence-electron chi connectivity index (χ2n) is 17.5. The third kappa shape index (κ3) is 41.2. The van der Waals surface area contributed by atoms with Crippen molar-refractivity contribution >= 4 is 13.7 Å². The molecule has 0 saturated heterocycles. The number of carbonyl (C=O) groups excluding carboxylic acids is 1. The van der Waals surface area contributed by atoms with Crippen molar-refractivity contribution in [2.75, 3.05) is 40.9 Å². The lowest BCUT2D eigenvalue weighted by atomic mass is 10.0. The van der Waals surface area contributed by atoms with Gasteiger partial charge in [0.15, 0.2) is 0 Å². The van der Waals surface area contributed by atoms with E-state index in [9.17, 15) is 19.4 Å². The normalized spacial score (nSPS) is 14.5. The summed E-state index contributed by atoms with van der Waals surface area (Å²) < 4.78 is 23.6. The van der Waals surface area contributed by atoms with Crippen molar-refractivity contribution in [2.45, 2.75) is 231 Å². The van der Waals surface area contributed by atoms with E-state index >= 15 is 0 Å². The molecule has 0 aromatic carbocycles. The number of aliphatic hydroxyl groups excluding tert-OH is 1. The van der Waals surface area contributed by atoms with Crippen LogP contribution in [0.3, 0.4) is 0 Å². The zero-order chi connectivity index (χ0) is 41.4. The summed E-state index contributed by atoms with van der Waals surface area (Å²) in [6.07, 6.45) is 46.4. The fourth-order valence-corrected chi connectivity index (χ4v) is 7.59. The number of nitrogens with zero attached hydrogens (tertiary/aromatic N) is 1. The molecule has 0 saturated carbocycles. The van der Waals surface area contributed by atoms with Gasteiger partial charge < -0.3 is 19.8 Å². The van der Waals surface area contributed by atoms with Crippen molar-refractivity contribution in [1.29, 1.82) is 0 Å². The van der Waals surface area contributed by atoms with Gasteiger partial charge in [0.25, 0.3) is 0 Å². The summed E-state index contributed by atoms with van der Waals surface area (Å²) in [5.74, 6) is -0.155. The molecule has 8 nitrogen and oxygen atoms in total. The standard InChI is InChI=1S/C47H93N2O6P/c1-6-8-10-12-14-16-18-20-21-22-23-24-25-26-27-29-31-33-35-37-39-41-47(51)48-45(44-55-56(52,53)54-43-42-49(3,4)5)46(50)40-38-36-34-32-30-28-19-17-15-13-11-9-7-2/h20-21,30,32,45-46,50H,6-19,22-29,31,33-44H2,1-5H3,(H-,48,51,52,53)/p+1/b21-20+,32-30+/t45-,46+/m0/s1. The highest BCUT2D eigenvalue weighted by molar-refractivity contribution is 7.47. The lowest BCUT2D eigenvalue weighted by molar-refractivity contribution is -0.870. The van der Waals surface area contributed by atoms with Crippen molar-refractivity contribution in [3.05, 3.63) is 24.3 Å². The molecule has 3 N–H and O–H groups in total. The number of nitrogens with one attached hydrogen (secondary N) is 1. The van der Waals surface area contributed by atoms with Crippen LogP contribution in [-0.2, 0) is 18.4 Å². The van der Waals surface area contributed by atoms with Gasteiger partial charge in [0.05, 0.1) is 39.9 Å². The SMILES string of the molecule is CCCCCCCC/C=C/CCCCCCCCCCCCCC(=O)N[C@@H](COP(=O)(O)OCC[N+](C)(C)C)[C@H](O)CCCC/C=C/CCCCCCCCC. The minimum atomic E-state index is -4.32. The lowest BCUT2D eigenvalue weighted by Gasteiger charge is -2.26. The fourth-order valence-electron chi connectivity index (χ4n) is 6.86. The molecule has 0 fully saturated rings. The van der Waals surface area contributed by atoms with Crippen LogP contribution in [0.5, 0.6) is 0 Å². The maximum Gasteiger partial charge on any atom is 0.472 e.